The molecule has 3 heteroatoms. The van der Waals surface area contributed by atoms with Crippen LogP contribution in [0.5, 0.6) is 0 Å². The number of hydrogen-bond acceptors (Lipinski definition) is 1. The maximum atomic E-state index is 14.0. The molecule has 1 nitrogen and oxygen atoms in total. The van der Waals surface area contributed by atoms with Crippen LogP contribution in [0.1, 0.15) is 31.4 Å². The molecule has 0 radical (unpaired) electrons. The average molecular weight is 299 g/mol. The van der Waals surface area contributed by atoms with Gasteiger partial charge in [-0.1, -0.05) is 35.0 Å². The second kappa shape index (κ2) is 6.01. The van der Waals surface area contributed by atoms with Gasteiger partial charge >= 0.3 is 0 Å². The Kier molecular flexibility index (Phi) is 4.94. The Bertz CT molecular complexity index is 452. The third kappa shape index (κ3) is 3.19. The monoisotopic (exact) mass is 298 g/mol. The number of aliphatic hydroxyl groups is 1. The molecule has 0 atom stereocenters. The first kappa shape index (κ1) is 14.0. The topological polar surface area (TPSA) is 20.2 Å². The molecule has 1 aromatic carbocycles. The standard InChI is InChI=1S/C14H16BrFO/c1-4-6-10(13(17)5-2)14-11(15)7-9(3)8-12(14)16/h4,6-8,17H,5H2,1-3H3/b6-4-,13-10-. The summed E-state index contributed by atoms with van der Waals surface area (Å²) in [4.78, 5) is 0. The van der Waals surface area contributed by atoms with Gasteiger partial charge in [0, 0.05) is 22.0 Å². The van der Waals surface area contributed by atoms with Crippen molar-refractivity contribution in [1.82, 2.24) is 0 Å². The summed E-state index contributed by atoms with van der Waals surface area (Å²) in [5.41, 5.74) is 1.78. The number of aliphatic hydroxyl groups excluding tert-OH is 1. The van der Waals surface area contributed by atoms with E-state index >= 15 is 0 Å². The lowest BCUT2D eigenvalue weighted by Gasteiger charge is -2.11. The summed E-state index contributed by atoms with van der Waals surface area (Å²) < 4.78 is 14.6. The zero-order chi connectivity index (χ0) is 13.0. The highest BCUT2D eigenvalue weighted by molar-refractivity contribution is 9.10. The lowest BCUT2D eigenvalue weighted by molar-refractivity contribution is 0.397. The van der Waals surface area contributed by atoms with E-state index in [0.29, 0.717) is 22.0 Å². The normalized spacial score (nSPS) is 13.0. The first-order valence-corrected chi connectivity index (χ1v) is 6.31. The van der Waals surface area contributed by atoms with E-state index in [9.17, 15) is 9.50 Å². The molecule has 0 aliphatic carbocycles. The molecule has 1 aromatic rings. The van der Waals surface area contributed by atoms with Crippen molar-refractivity contribution >= 4 is 21.5 Å². The minimum absolute atomic E-state index is 0.187. The minimum Gasteiger partial charge on any atom is -0.512 e. The van der Waals surface area contributed by atoms with E-state index in [4.69, 9.17) is 0 Å². The van der Waals surface area contributed by atoms with Gasteiger partial charge in [-0.05, 0) is 31.5 Å². The van der Waals surface area contributed by atoms with Crippen molar-refractivity contribution in [3.8, 4) is 0 Å². The zero-order valence-corrected chi connectivity index (χ0v) is 11.8. The van der Waals surface area contributed by atoms with Crippen molar-refractivity contribution in [2.75, 3.05) is 0 Å². The molecule has 0 spiro atoms. The van der Waals surface area contributed by atoms with Gasteiger partial charge in [0.1, 0.15) is 5.82 Å². The summed E-state index contributed by atoms with van der Waals surface area (Å²) in [6, 6.07) is 3.30. The molecule has 0 aliphatic heterocycles. The summed E-state index contributed by atoms with van der Waals surface area (Å²) in [6.07, 6.45) is 3.98. The third-order valence-electron chi connectivity index (χ3n) is 2.43. The largest absolute Gasteiger partial charge is 0.512 e. The van der Waals surface area contributed by atoms with Crippen LogP contribution in [-0.2, 0) is 0 Å². The molecule has 1 rings (SSSR count). The number of hydrogen-bond donors (Lipinski definition) is 1. The Morgan fingerprint density at radius 2 is 2.12 bits per heavy atom. The lowest BCUT2D eigenvalue weighted by Crippen LogP contribution is -1.95. The quantitative estimate of drug-likeness (QED) is 0.604. The minimum atomic E-state index is -0.329. The molecular weight excluding hydrogens is 283 g/mol. The number of rotatable bonds is 3. The maximum Gasteiger partial charge on any atom is 0.132 e. The summed E-state index contributed by atoms with van der Waals surface area (Å²) in [7, 11) is 0. The third-order valence-corrected chi connectivity index (χ3v) is 3.06. The molecule has 0 heterocycles. The first-order chi connectivity index (χ1) is 8.01. The van der Waals surface area contributed by atoms with Crippen molar-refractivity contribution in [3.05, 3.63) is 51.5 Å². The molecule has 0 amide bonds. The molecule has 17 heavy (non-hydrogen) atoms. The summed E-state index contributed by atoms with van der Waals surface area (Å²) in [5, 5.41) is 9.86. The van der Waals surface area contributed by atoms with Gasteiger partial charge in [-0.3, -0.25) is 0 Å². The van der Waals surface area contributed by atoms with Crippen LogP contribution < -0.4 is 0 Å². The van der Waals surface area contributed by atoms with Crippen LogP contribution >= 0.6 is 15.9 Å². The molecule has 0 aliphatic rings. The van der Waals surface area contributed by atoms with E-state index in [1.165, 1.54) is 6.07 Å². The van der Waals surface area contributed by atoms with E-state index in [0.717, 1.165) is 5.56 Å². The van der Waals surface area contributed by atoms with E-state index in [1.54, 1.807) is 12.2 Å². The van der Waals surface area contributed by atoms with Crippen molar-refractivity contribution in [1.29, 1.82) is 0 Å². The highest BCUT2D eigenvalue weighted by atomic mass is 79.9. The Morgan fingerprint density at radius 1 is 1.47 bits per heavy atom. The maximum absolute atomic E-state index is 14.0. The van der Waals surface area contributed by atoms with Gasteiger partial charge in [0.2, 0.25) is 0 Å². The number of aryl methyl sites for hydroxylation is 1. The molecule has 0 saturated heterocycles. The van der Waals surface area contributed by atoms with Crippen LogP contribution in [0, 0.1) is 12.7 Å². The van der Waals surface area contributed by atoms with E-state index < -0.39 is 0 Å². The Labute approximate surface area is 110 Å². The predicted molar refractivity (Wildman–Crippen MR) is 73.5 cm³/mol. The second-order valence-electron chi connectivity index (χ2n) is 3.82. The van der Waals surface area contributed by atoms with Crippen LogP contribution in [-0.4, -0.2) is 5.11 Å². The van der Waals surface area contributed by atoms with E-state index in [-0.39, 0.29) is 11.6 Å². The fourth-order valence-corrected chi connectivity index (χ4v) is 2.40. The number of allylic oxidation sites excluding steroid dienone is 4. The number of benzene rings is 1. The van der Waals surface area contributed by atoms with Crippen molar-refractivity contribution < 1.29 is 9.50 Å². The van der Waals surface area contributed by atoms with Gasteiger partial charge in [0.05, 0.1) is 5.76 Å². The van der Waals surface area contributed by atoms with Crippen LogP contribution in [0.4, 0.5) is 4.39 Å². The van der Waals surface area contributed by atoms with Crippen molar-refractivity contribution in [3.63, 3.8) is 0 Å². The molecule has 0 aromatic heterocycles. The molecular formula is C14H16BrFO. The molecule has 0 unspecified atom stereocenters. The molecule has 0 saturated carbocycles. The number of halogens is 2. The lowest BCUT2D eigenvalue weighted by atomic mass is 10.0. The Hall–Kier alpha value is -1.09. The van der Waals surface area contributed by atoms with E-state index in [1.807, 2.05) is 26.8 Å². The van der Waals surface area contributed by atoms with Crippen molar-refractivity contribution in [2.45, 2.75) is 27.2 Å². The summed E-state index contributed by atoms with van der Waals surface area (Å²) >= 11 is 3.35. The van der Waals surface area contributed by atoms with Gasteiger partial charge in [-0.2, -0.15) is 0 Å². The van der Waals surface area contributed by atoms with Crippen LogP contribution in [0.15, 0.2) is 34.5 Å². The predicted octanol–water partition coefficient (Wildman–Crippen LogP) is 5.15. The molecule has 0 fully saturated rings. The SMILES string of the molecule is C/C=C\C(=C(\O)CC)c1c(F)cc(C)cc1Br. The van der Waals surface area contributed by atoms with Gasteiger partial charge in [0.25, 0.3) is 0 Å². The molecule has 0 bridgehead atoms. The van der Waals surface area contributed by atoms with Crippen LogP contribution in [0.2, 0.25) is 0 Å². The zero-order valence-electron chi connectivity index (χ0n) is 10.2. The Balaban J connectivity index is 3.50. The van der Waals surface area contributed by atoms with Gasteiger partial charge in [-0.25, -0.2) is 4.39 Å². The van der Waals surface area contributed by atoms with Crippen molar-refractivity contribution in [2.24, 2.45) is 0 Å². The summed E-state index contributed by atoms with van der Waals surface area (Å²) in [5.74, 6) is -0.142. The Morgan fingerprint density at radius 3 is 2.59 bits per heavy atom. The van der Waals surface area contributed by atoms with Gasteiger partial charge < -0.3 is 5.11 Å². The first-order valence-electron chi connectivity index (χ1n) is 5.52. The fraction of sp³-hybridized carbons (Fsp3) is 0.286. The molecule has 92 valence electrons. The molecule has 1 N–H and O–H groups in total. The average Bonchev–Trinajstić information content (AvgIpc) is 2.25. The summed E-state index contributed by atoms with van der Waals surface area (Å²) in [6.45, 7) is 5.50. The van der Waals surface area contributed by atoms with Crippen LogP contribution in [0.25, 0.3) is 5.57 Å². The van der Waals surface area contributed by atoms with E-state index in [2.05, 4.69) is 15.9 Å². The highest BCUT2D eigenvalue weighted by Gasteiger charge is 2.14. The smallest absolute Gasteiger partial charge is 0.132 e. The fourth-order valence-electron chi connectivity index (χ4n) is 1.64. The van der Waals surface area contributed by atoms with Gasteiger partial charge in [0.15, 0.2) is 0 Å². The van der Waals surface area contributed by atoms with Gasteiger partial charge in [-0.15, -0.1) is 0 Å². The highest BCUT2D eigenvalue weighted by Crippen LogP contribution is 2.31. The second-order valence-corrected chi connectivity index (χ2v) is 4.67. The van der Waals surface area contributed by atoms with Crippen LogP contribution in [0.3, 0.4) is 0 Å².